The first-order chi connectivity index (χ1) is 7.65. The molecule has 0 amide bonds. The van der Waals surface area contributed by atoms with Crippen LogP contribution in [0, 0.1) is 0 Å². The fourth-order valence-corrected chi connectivity index (χ4v) is 1.99. The molecule has 2 unspecified atom stereocenters. The highest BCUT2D eigenvalue weighted by molar-refractivity contribution is 5.03. The van der Waals surface area contributed by atoms with E-state index in [2.05, 4.69) is 17.1 Å². The molecule has 5 nitrogen and oxygen atoms in total. The van der Waals surface area contributed by atoms with Gasteiger partial charge in [0, 0.05) is 6.61 Å². The summed E-state index contributed by atoms with van der Waals surface area (Å²) >= 11 is 0. The maximum absolute atomic E-state index is 5.92. The molecule has 0 aromatic carbocycles. The van der Waals surface area contributed by atoms with Gasteiger partial charge in [-0.15, -0.1) is 0 Å². The zero-order valence-electron chi connectivity index (χ0n) is 9.90. The molecule has 2 N–H and O–H groups in total. The van der Waals surface area contributed by atoms with E-state index in [1.807, 2.05) is 6.92 Å². The highest BCUT2D eigenvalue weighted by Gasteiger charge is 2.37. The van der Waals surface area contributed by atoms with E-state index in [1.165, 1.54) is 0 Å². The maximum atomic E-state index is 5.92. The van der Waals surface area contributed by atoms with E-state index in [-0.39, 0.29) is 11.6 Å². The van der Waals surface area contributed by atoms with Crippen molar-refractivity contribution >= 4 is 0 Å². The molecule has 1 saturated heterocycles. The fraction of sp³-hybridized carbons (Fsp3) is 0.818. The molecule has 2 atom stereocenters. The van der Waals surface area contributed by atoms with Crippen LogP contribution in [0.4, 0.5) is 0 Å². The molecule has 0 radical (unpaired) electrons. The lowest BCUT2D eigenvalue weighted by Gasteiger charge is -2.17. The van der Waals surface area contributed by atoms with Gasteiger partial charge in [-0.3, -0.25) is 0 Å². The van der Waals surface area contributed by atoms with Crippen molar-refractivity contribution in [2.45, 2.75) is 51.2 Å². The van der Waals surface area contributed by atoms with Gasteiger partial charge in [0.1, 0.15) is 5.60 Å². The second-order valence-electron chi connectivity index (χ2n) is 4.53. The van der Waals surface area contributed by atoms with Gasteiger partial charge >= 0.3 is 0 Å². The molecule has 2 heterocycles. The Bertz CT molecular complexity index is 345. The van der Waals surface area contributed by atoms with E-state index in [0.29, 0.717) is 11.7 Å². The molecule has 0 saturated carbocycles. The van der Waals surface area contributed by atoms with Gasteiger partial charge in [0.25, 0.3) is 0 Å². The van der Waals surface area contributed by atoms with Gasteiger partial charge in [0.15, 0.2) is 0 Å². The molecule has 1 aromatic heterocycles. The zero-order chi connectivity index (χ0) is 11.6. The number of hydrogen-bond acceptors (Lipinski definition) is 5. The standard InChI is InChI=1S/C11H19N3O2/c1-3-5-8(12)9-13-10(14-16-9)11(2)6-4-7-15-11/h8H,3-7,12H2,1-2H3. The van der Waals surface area contributed by atoms with Crippen LogP contribution in [-0.4, -0.2) is 16.7 Å². The summed E-state index contributed by atoms with van der Waals surface area (Å²) in [6.07, 6.45) is 3.85. The van der Waals surface area contributed by atoms with Crippen molar-refractivity contribution in [1.29, 1.82) is 0 Å². The van der Waals surface area contributed by atoms with Crippen molar-refractivity contribution in [2.75, 3.05) is 6.61 Å². The van der Waals surface area contributed by atoms with Crippen LogP contribution in [0.5, 0.6) is 0 Å². The normalized spacial score (nSPS) is 27.2. The lowest BCUT2D eigenvalue weighted by atomic mass is 10.0. The first kappa shape index (κ1) is 11.5. The number of nitrogens with two attached hydrogens (primary N) is 1. The molecule has 5 heteroatoms. The molecule has 1 aromatic rings. The number of hydrogen-bond donors (Lipinski definition) is 1. The van der Waals surface area contributed by atoms with E-state index >= 15 is 0 Å². The average molecular weight is 225 g/mol. The first-order valence-electron chi connectivity index (χ1n) is 5.89. The minimum absolute atomic E-state index is 0.156. The van der Waals surface area contributed by atoms with Crippen LogP contribution < -0.4 is 5.73 Å². The summed E-state index contributed by atoms with van der Waals surface area (Å²) in [5.74, 6) is 1.15. The van der Waals surface area contributed by atoms with Crippen LogP contribution in [0.2, 0.25) is 0 Å². The van der Waals surface area contributed by atoms with Crippen molar-refractivity contribution in [3.8, 4) is 0 Å². The van der Waals surface area contributed by atoms with Gasteiger partial charge in [0.05, 0.1) is 6.04 Å². The smallest absolute Gasteiger partial charge is 0.243 e. The van der Waals surface area contributed by atoms with Crippen molar-refractivity contribution in [2.24, 2.45) is 5.73 Å². The molecule has 1 aliphatic heterocycles. The Morgan fingerprint density at radius 1 is 1.56 bits per heavy atom. The second-order valence-corrected chi connectivity index (χ2v) is 4.53. The molecule has 1 aliphatic rings. The minimum Gasteiger partial charge on any atom is -0.367 e. The SMILES string of the molecule is CCCC(N)c1nc(C2(C)CCCO2)no1. The molecule has 90 valence electrons. The molecule has 1 fully saturated rings. The van der Waals surface area contributed by atoms with Crippen LogP contribution in [0.1, 0.15) is 57.3 Å². The molecule has 0 spiro atoms. The zero-order valence-corrected chi connectivity index (χ0v) is 9.90. The molecule has 16 heavy (non-hydrogen) atoms. The van der Waals surface area contributed by atoms with Gasteiger partial charge in [-0.25, -0.2) is 0 Å². The Hall–Kier alpha value is -0.940. The van der Waals surface area contributed by atoms with Crippen molar-refractivity contribution in [3.05, 3.63) is 11.7 Å². The van der Waals surface area contributed by atoms with E-state index in [0.717, 1.165) is 32.3 Å². The van der Waals surface area contributed by atoms with Crippen LogP contribution in [0.15, 0.2) is 4.52 Å². The first-order valence-corrected chi connectivity index (χ1v) is 5.89. The quantitative estimate of drug-likeness (QED) is 0.847. The van der Waals surface area contributed by atoms with Crippen LogP contribution >= 0.6 is 0 Å². The highest BCUT2D eigenvalue weighted by Crippen LogP contribution is 2.34. The number of rotatable bonds is 4. The Kier molecular flexibility index (Phi) is 3.25. The van der Waals surface area contributed by atoms with Crippen molar-refractivity contribution < 1.29 is 9.26 Å². The minimum atomic E-state index is -0.381. The van der Waals surface area contributed by atoms with Crippen molar-refractivity contribution in [3.63, 3.8) is 0 Å². The fourth-order valence-electron chi connectivity index (χ4n) is 1.99. The molecule has 2 rings (SSSR count). The molecule has 0 aliphatic carbocycles. The topological polar surface area (TPSA) is 74.2 Å². The predicted molar refractivity (Wildman–Crippen MR) is 58.7 cm³/mol. The number of nitrogens with zero attached hydrogens (tertiary/aromatic N) is 2. The van der Waals surface area contributed by atoms with Gasteiger partial charge in [-0.2, -0.15) is 4.98 Å². The highest BCUT2D eigenvalue weighted by atomic mass is 16.5. The summed E-state index contributed by atoms with van der Waals surface area (Å²) in [5, 5.41) is 3.98. The van der Waals surface area contributed by atoms with Gasteiger partial charge in [0.2, 0.25) is 11.7 Å². The third-order valence-corrected chi connectivity index (χ3v) is 3.05. The Morgan fingerprint density at radius 3 is 3.00 bits per heavy atom. The largest absolute Gasteiger partial charge is 0.367 e. The average Bonchev–Trinajstić information content (AvgIpc) is 2.86. The third-order valence-electron chi connectivity index (χ3n) is 3.05. The summed E-state index contributed by atoms with van der Waals surface area (Å²) in [6, 6.07) is -0.156. The van der Waals surface area contributed by atoms with Gasteiger partial charge < -0.3 is 15.0 Å². The lowest BCUT2D eigenvalue weighted by Crippen LogP contribution is -2.22. The second kappa shape index (κ2) is 4.51. The van der Waals surface area contributed by atoms with Crippen LogP contribution in [0.25, 0.3) is 0 Å². The number of aromatic nitrogens is 2. The maximum Gasteiger partial charge on any atom is 0.243 e. The van der Waals surface area contributed by atoms with Crippen LogP contribution in [0.3, 0.4) is 0 Å². The Balaban J connectivity index is 2.12. The summed E-state index contributed by atoms with van der Waals surface area (Å²) in [5.41, 5.74) is 5.54. The van der Waals surface area contributed by atoms with E-state index in [1.54, 1.807) is 0 Å². The summed E-state index contributed by atoms with van der Waals surface area (Å²) in [4.78, 5) is 4.35. The lowest BCUT2D eigenvalue weighted by molar-refractivity contribution is 0.00768. The molecule has 0 bridgehead atoms. The van der Waals surface area contributed by atoms with E-state index < -0.39 is 0 Å². The van der Waals surface area contributed by atoms with Gasteiger partial charge in [-0.05, 0) is 26.2 Å². The summed E-state index contributed by atoms with van der Waals surface area (Å²) in [7, 11) is 0. The Labute approximate surface area is 95.3 Å². The summed E-state index contributed by atoms with van der Waals surface area (Å²) < 4.78 is 10.8. The number of ether oxygens (including phenoxy) is 1. The monoisotopic (exact) mass is 225 g/mol. The van der Waals surface area contributed by atoms with Crippen molar-refractivity contribution in [1.82, 2.24) is 10.1 Å². The van der Waals surface area contributed by atoms with E-state index in [4.69, 9.17) is 15.0 Å². The summed E-state index contributed by atoms with van der Waals surface area (Å²) in [6.45, 7) is 4.85. The van der Waals surface area contributed by atoms with Crippen LogP contribution in [-0.2, 0) is 10.3 Å². The molecular formula is C11H19N3O2. The predicted octanol–water partition coefficient (Wildman–Crippen LogP) is 1.90. The molecular weight excluding hydrogens is 206 g/mol. The van der Waals surface area contributed by atoms with Gasteiger partial charge in [-0.1, -0.05) is 18.5 Å². The van der Waals surface area contributed by atoms with E-state index in [9.17, 15) is 0 Å². The Morgan fingerprint density at radius 2 is 2.38 bits per heavy atom. The third kappa shape index (κ3) is 2.10.